The molecule has 0 aromatic heterocycles. The first kappa shape index (κ1) is 19.7. The second kappa shape index (κ2) is 9.73. The van der Waals surface area contributed by atoms with E-state index in [2.05, 4.69) is 22.1 Å². The number of hydrogen-bond donors (Lipinski definition) is 1. The molecule has 0 bridgehead atoms. The Kier molecular flexibility index (Phi) is 6.38. The van der Waals surface area contributed by atoms with E-state index in [4.69, 9.17) is 9.73 Å². The van der Waals surface area contributed by atoms with E-state index in [0.717, 1.165) is 35.6 Å². The predicted octanol–water partition coefficient (Wildman–Crippen LogP) is 4.66. The summed E-state index contributed by atoms with van der Waals surface area (Å²) in [6, 6.07) is 23.9. The lowest BCUT2D eigenvalue weighted by Gasteiger charge is -2.30. The molecule has 0 radical (unpaired) electrons. The zero-order valence-electron chi connectivity index (χ0n) is 16.5. The lowest BCUT2D eigenvalue weighted by molar-refractivity contribution is 0.0680. The van der Waals surface area contributed by atoms with E-state index in [9.17, 15) is 4.39 Å². The van der Waals surface area contributed by atoms with Crippen molar-refractivity contribution in [3.05, 3.63) is 95.8 Å². The number of morpholine rings is 1. The number of halogens is 1. The van der Waals surface area contributed by atoms with Crippen LogP contribution in [0.15, 0.2) is 83.9 Å². The molecule has 1 N–H and O–H groups in total. The third-order valence-corrected chi connectivity index (χ3v) is 4.66. The van der Waals surface area contributed by atoms with E-state index in [1.165, 1.54) is 12.1 Å². The van der Waals surface area contributed by atoms with Crippen LogP contribution in [-0.2, 0) is 4.74 Å². The molecule has 1 aliphatic rings. The van der Waals surface area contributed by atoms with Crippen LogP contribution in [0.5, 0.6) is 0 Å². The molecular formula is C25H22FN3O. The summed E-state index contributed by atoms with van der Waals surface area (Å²) in [6.45, 7) is 2.73. The molecule has 0 amide bonds. The zero-order valence-corrected chi connectivity index (χ0v) is 16.5. The first-order chi connectivity index (χ1) is 14.8. The van der Waals surface area contributed by atoms with Gasteiger partial charge in [0, 0.05) is 24.3 Å². The molecule has 3 aromatic carbocycles. The highest BCUT2D eigenvalue weighted by Gasteiger charge is 2.16. The summed E-state index contributed by atoms with van der Waals surface area (Å²) in [5.41, 5.74) is 3.34. The van der Waals surface area contributed by atoms with Crippen molar-refractivity contribution in [1.82, 2.24) is 4.90 Å². The first-order valence-corrected chi connectivity index (χ1v) is 9.88. The molecule has 0 saturated carbocycles. The summed E-state index contributed by atoms with van der Waals surface area (Å²) in [7, 11) is 0. The molecule has 0 spiro atoms. The van der Waals surface area contributed by atoms with Crippen LogP contribution in [0.4, 0.5) is 15.8 Å². The zero-order chi connectivity index (χ0) is 20.6. The van der Waals surface area contributed by atoms with Gasteiger partial charge in [-0.3, -0.25) is 0 Å². The van der Waals surface area contributed by atoms with E-state index in [-0.39, 0.29) is 5.82 Å². The van der Waals surface area contributed by atoms with Gasteiger partial charge in [-0.1, -0.05) is 42.2 Å². The van der Waals surface area contributed by atoms with Crippen molar-refractivity contribution in [2.24, 2.45) is 4.99 Å². The molecule has 4 nitrogen and oxygen atoms in total. The molecular weight excluding hydrogens is 377 g/mol. The normalized spacial score (nSPS) is 14.0. The fourth-order valence-electron chi connectivity index (χ4n) is 3.07. The SMILES string of the molecule is Fc1ccc(NC(=Nc2ccccc2C#Cc2ccccc2)N2CCOCC2)cc1. The number of nitrogens with one attached hydrogen (secondary N) is 1. The van der Waals surface area contributed by atoms with Gasteiger partial charge in [0.05, 0.1) is 24.5 Å². The lowest BCUT2D eigenvalue weighted by Crippen LogP contribution is -2.44. The monoisotopic (exact) mass is 399 g/mol. The van der Waals surface area contributed by atoms with Crippen LogP contribution >= 0.6 is 0 Å². The number of guanidine groups is 1. The van der Waals surface area contributed by atoms with E-state index in [0.29, 0.717) is 19.2 Å². The van der Waals surface area contributed by atoms with Crippen LogP contribution in [-0.4, -0.2) is 37.2 Å². The van der Waals surface area contributed by atoms with Crippen LogP contribution in [0.1, 0.15) is 11.1 Å². The number of para-hydroxylation sites is 1. The lowest BCUT2D eigenvalue weighted by atomic mass is 10.1. The molecule has 0 atom stereocenters. The van der Waals surface area contributed by atoms with Crippen LogP contribution in [0.25, 0.3) is 0 Å². The van der Waals surface area contributed by atoms with Crippen molar-refractivity contribution in [2.45, 2.75) is 0 Å². The molecule has 1 heterocycles. The Hall–Kier alpha value is -3.62. The van der Waals surface area contributed by atoms with Crippen molar-refractivity contribution in [3.63, 3.8) is 0 Å². The summed E-state index contributed by atoms with van der Waals surface area (Å²) in [4.78, 5) is 7.03. The smallest absolute Gasteiger partial charge is 0.203 e. The average Bonchev–Trinajstić information content (AvgIpc) is 2.81. The third kappa shape index (κ3) is 5.25. The summed E-state index contributed by atoms with van der Waals surface area (Å²) in [5.74, 6) is 6.85. The summed E-state index contributed by atoms with van der Waals surface area (Å²) in [5, 5.41) is 3.33. The minimum Gasteiger partial charge on any atom is -0.378 e. The van der Waals surface area contributed by atoms with Crippen molar-refractivity contribution >= 4 is 17.3 Å². The largest absolute Gasteiger partial charge is 0.378 e. The Morgan fingerprint density at radius 2 is 1.57 bits per heavy atom. The van der Waals surface area contributed by atoms with Crippen LogP contribution < -0.4 is 5.32 Å². The molecule has 0 unspecified atom stereocenters. The van der Waals surface area contributed by atoms with Gasteiger partial charge in [0.1, 0.15) is 5.82 Å². The number of rotatable bonds is 2. The maximum absolute atomic E-state index is 13.3. The van der Waals surface area contributed by atoms with E-state index in [1.54, 1.807) is 12.1 Å². The topological polar surface area (TPSA) is 36.9 Å². The number of aliphatic imine (C=N–C) groups is 1. The molecule has 5 heteroatoms. The fraction of sp³-hybridized carbons (Fsp3) is 0.160. The molecule has 1 aliphatic heterocycles. The van der Waals surface area contributed by atoms with Crippen LogP contribution in [0.3, 0.4) is 0 Å². The molecule has 1 fully saturated rings. The summed E-state index contributed by atoms with van der Waals surface area (Å²) < 4.78 is 18.8. The highest BCUT2D eigenvalue weighted by atomic mass is 19.1. The quantitative estimate of drug-likeness (QED) is 0.387. The highest BCUT2D eigenvalue weighted by Crippen LogP contribution is 2.20. The third-order valence-electron chi connectivity index (χ3n) is 4.66. The Labute approximate surface area is 176 Å². The number of hydrogen-bond acceptors (Lipinski definition) is 2. The molecule has 4 rings (SSSR count). The van der Waals surface area contributed by atoms with Gasteiger partial charge in [-0.2, -0.15) is 0 Å². The van der Waals surface area contributed by atoms with Gasteiger partial charge in [-0.25, -0.2) is 9.38 Å². The average molecular weight is 399 g/mol. The maximum Gasteiger partial charge on any atom is 0.203 e. The molecule has 30 heavy (non-hydrogen) atoms. The predicted molar refractivity (Wildman–Crippen MR) is 118 cm³/mol. The second-order valence-corrected chi connectivity index (χ2v) is 6.80. The molecule has 0 aliphatic carbocycles. The summed E-state index contributed by atoms with van der Waals surface area (Å²) in [6.07, 6.45) is 0. The Morgan fingerprint density at radius 3 is 2.33 bits per heavy atom. The standard InChI is InChI=1S/C25H22FN3O/c26-22-12-14-23(15-13-22)27-25(29-16-18-30-19-17-29)28-24-9-5-4-8-21(24)11-10-20-6-2-1-3-7-20/h1-9,12-15H,16-19H2,(H,27,28). The molecule has 3 aromatic rings. The van der Waals surface area contributed by atoms with Gasteiger partial charge in [-0.15, -0.1) is 0 Å². The highest BCUT2D eigenvalue weighted by molar-refractivity contribution is 5.95. The van der Waals surface area contributed by atoms with Crippen molar-refractivity contribution in [1.29, 1.82) is 0 Å². The second-order valence-electron chi connectivity index (χ2n) is 6.80. The Balaban J connectivity index is 1.67. The van der Waals surface area contributed by atoms with E-state index < -0.39 is 0 Å². The molecule has 150 valence electrons. The van der Waals surface area contributed by atoms with Crippen LogP contribution in [0.2, 0.25) is 0 Å². The van der Waals surface area contributed by atoms with Gasteiger partial charge < -0.3 is 15.0 Å². The van der Waals surface area contributed by atoms with Crippen molar-refractivity contribution in [3.8, 4) is 11.8 Å². The van der Waals surface area contributed by atoms with Gasteiger partial charge in [-0.05, 0) is 48.5 Å². The van der Waals surface area contributed by atoms with Crippen molar-refractivity contribution < 1.29 is 9.13 Å². The fourth-order valence-corrected chi connectivity index (χ4v) is 3.07. The van der Waals surface area contributed by atoms with Gasteiger partial charge in [0.2, 0.25) is 5.96 Å². The van der Waals surface area contributed by atoms with Gasteiger partial charge in [0.15, 0.2) is 0 Å². The first-order valence-electron chi connectivity index (χ1n) is 9.88. The van der Waals surface area contributed by atoms with Crippen LogP contribution in [0, 0.1) is 17.7 Å². The number of benzene rings is 3. The molecule has 1 saturated heterocycles. The maximum atomic E-state index is 13.3. The van der Waals surface area contributed by atoms with E-state index >= 15 is 0 Å². The van der Waals surface area contributed by atoms with Gasteiger partial charge >= 0.3 is 0 Å². The minimum atomic E-state index is -0.271. The number of anilines is 1. The number of ether oxygens (including phenoxy) is 1. The van der Waals surface area contributed by atoms with Gasteiger partial charge in [0.25, 0.3) is 0 Å². The van der Waals surface area contributed by atoms with Crippen molar-refractivity contribution in [2.75, 3.05) is 31.6 Å². The Morgan fingerprint density at radius 1 is 0.867 bits per heavy atom. The summed E-state index contributed by atoms with van der Waals surface area (Å²) >= 11 is 0. The Bertz CT molecular complexity index is 1060. The number of nitrogens with zero attached hydrogens (tertiary/aromatic N) is 2. The minimum absolute atomic E-state index is 0.271. The van der Waals surface area contributed by atoms with E-state index in [1.807, 2.05) is 54.6 Å².